The van der Waals surface area contributed by atoms with Gasteiger partial charge in [0.2, 0.25) is 5.78 Å². The third-order valence-corrected chi connectivity index (χ3v) is 3.48. The minimum absolute atomic E-state index is 0.241. The minimum atomic E-state index is -0.492. The van der Waals surface area contributed by atoms with Gasteiger partial charge in [-0.2, -0.15) is 5.10 Å². The molecular formula is C16H13N3O3. The highest BCUT2D eigenvalue weighted by Crippen LogP contribution is 2.25. The number of pyridine rings is 1. The zero-order chi connectivity index (χ0) is 15.7. The molecule has 110 valence electrons. The van der Waals surface area contributed by atoms with Crippen molar-refractivity contribution in [1.29, 1.82) is 0 Å². The molecule has 0 aromatic carbocycles. The third kappa shape index (κ3) is 2.05. The van der Waals surface area contributed by atoms with Crippen molar-refractivity contribution in [3.63, 3.8) is 0 Å². The number of carbonyl (C=O) groups is 2. The predicted molar refractivity (Wildman–Crippen MR) is 78.9 cm³/mol. The molecule has 3 rings (SSSR count). The lowest BCUT2D eigenvalue weighted by Crippen LogP contribution is -2.09. The van der Waals surface area contributed by atoms with Crippen LogP contribution in [0.3, 0.4) is 0 Å². The summed E-state index contributed by atoms with van der Waals surface area (Å²) in [7, 11) is 1.31. The molecular weight excluding hydrogens is 282 g/mol. The Hall–Kier alpha value is -3.02. The summed E-state index contributed by atoms with van der Waals surface area (Å²) in [5, 5.41) is 4.19. The van der Waals surface area contributed by atoms with Crippen LogP contribution in [0.2, 0.25) is 0 Å². The first-order valence-corrected chi connectivity index (χ1v) is 6.64. The molecule has 22 heavy (non-hydrogen) atoms. The SMILES string of the molecule is COC(=O)c1c(C)c(C(=O)c2cccnc2)n2ncccc12. The molecule has 3 aromatic rings. The van der Waals surface area contributed by atoms with Crippen molar-refractivity contribution in [3.05, 3.63) is 65.2 Å². The van der Waals surface area contributed by atoms with Crippen LogP contribution in [-0.4, -0.2) is 33.5 Å². The van der Waals surface area contributed by atoms with Gasteiger partial charge in [-0.3, -0.25) is 9.78 Å². The molecule has 0 aliphatic heterocycles. The number of aromatic nitrogens is 3. The quantitative estimate of drug-likeness (QED) is 0.546. The third-order valence-electron chi connectivity index (χ3n) is 3.48. The fourth-order valence-electron chi connectivity index (χ4n) is 2.47. The van der Waals surface area contributed by atoms with Gasteiger partial charge in [-0.05, 0) is 36.8 Å². The molecule has 6 nitrogen and oxygen atoms in total. The molecule has 0 atom stereocenters. The van der Waals surface area contributed by atoms with Gasteiger partial charge >= 0.3 is 5.97 Å². The summed E-state index contributed by atoms with van der Waals surface area (Å²) in [6.45, 7) is 1.71. The number of hydrogen-bond acceptors (Lipinski definition) is 5. The fourth-order valence-corrected chi connectivity index (χ4v) is 2.47. The first kappa shape index (κ1) is 13.9. The van der Waals surface area contributed by atoms with Crippen molar-refractivity contribution in [2.24, 2.45) is 0 Å². The average molecular weight is 295 g/mol. The standard InChI is InChI=1S/C16H13N3O3/c1-10-13(16(21)22-2)12-6-4-8-18-19(12)14(10)15(20)11-5-3-7-17-9-11/h3-9H,1-2H3. The Morgan fingerprint density at radius 1 is 1.18 bits per heavy atom. The molecule has 0 spiro atoms. The summed E-state index contributed by atoms with van der Waals surface area (Å²) in [6, 6.07) is 6.80. The van der Waals surface area contributed by atoms with E-state index in [-0.39, 0.29) is 5.78 Å². The number of esters is 1. The minimum Gasteiger partial charge on any atom is -0.465 e. The lowest BCUT2D eigenvalue weighted by Gasteiger charge is -2.02. The highest BCUT2D eigenvalue weighted by atomic mass is 16.5. The molecule has 3 heterocycles. The maximum absolute atomic E-state index is 12.8. The Morgan fingerprint density at radius 2 is 1.95 bits per heavy atom. The average Bonchev–Trinajstić information content (AvgIpc) is 2.86. The lowest BCUT2D eigenvalue weighted by molar-refractivity contribution is 0.0602. The van der Waals surface area contributed by atoms with Crippen LogP contribution in [0.15, 0.2) is 42.9 Å². The summed E-state index contributed by atoms with van der Waals surface area (Å²) >= 11 is 0. The van der Waals surface area contributed by atoms with Crippen molar-refractivity contribution in [2.75, 3.05) is 7.11 Å². The van der Waals surface area contributed by atoms with Crippen molar-refractivity contribution < 1.29 is 14.3 Å². The van der Waals surface area contributed by atoms with Gasteiger partial charge in [-0.15, -0.1) is 0 Å². The van der Waals surface area contributed by atoms with E-state index >= 15 is 0 Å². The van der Waals surface area contributed by atoms with Gasteiger partial charge in [0, 0.05) is 24.2 Å². The van der Waals surface area contributed by atoms with Gasteiger partial charge in [0.05, 0.1) is 18.2 Å². The van der Waals surface area contributed by atoms with Crippen molar-refractivity contribution in [3.8, 4) is 0 Å². The van der Waals surface area contributed by atoms with Gasteiger partial charge in [-0.1, -0.05) is 0 Å². The van der Waals surface area contributed by atoms with Gasteiger partial charge in [-0.25, -0.2) is 9.31 Å². The van der Waals surface area contributed by atoms with E-state index in [1.807, 2.05) is 0 Å². The van der Waals surface area contributed by atoms with Crippen molar-refractivity contribution in [1.82, 2.24) is 14.6 Å². The van der Waals surface area contributed by atoms with Gasteiger partial charge in [0.25, 0.3) is 0 Å². The van der Waals surface area contributed by atoms with Gasteiger partial charge in [0.15, 0.2) is 0 Å². The Labute approximate surface area is 126 Å². The zero-order valence-electron chi connectivity index (χ0n) is 12.1. The van der Waals surface area contributed by atoms with E-state index in [0.717, 1.165) is 0 Å². The topological polar surface area (TPSA) is 73.6 Å². The summed E-state index contributed by atoms with van der Waals surface area (Å²) in [4.78, 5) is 28.7. The summed E-state index contributed by atoms with van der Waals surface area (Å²) in [6.07, 6.45) is 4.65. The number of nitrogens with zero attached hydrogens (tertiary/aromatic N) is 3. The second-order valence-corrected chi connectivity index (χ2v) is 4.73. The Kier molecular flexibility index (Phi) is 3.42. The smallest absolute Gasteiger partial charge is 0.340 e. The molecule has 3 aromatic heterocycles. The number of ether oxygens (including phenoxy) is 1. The number of methoxy groups -OCH3 is 1. The second-order valence-electron chi connectivity index (χ2n) is 4.73. The first-order chi connectivity index (χ1) is 10.6. The Bertz CT molecular complexity index is 869. The fraction of sp³-hybridized carbons (Fsp3) is 0.125. The predicted octanol–water partition coefficient (Wildman–Crippen LogP) is 2.06. The van der Waals surface area contributed by atoms with Crippen molar-refractivity contribution >= 4 is 17.3 Å². The lowest BCUT2D eigenvalue weighted by atomic mass is 10.1. The Morgan fingerprint density at radius 3 is 2.64 bits per heavy atom. The highest BCUT2D eigenvalue weighted by Gasteiger charge is 2.26. The molecule has 0 fully saturated rings. The van der Waals surface area contributed by atoms with Crippen LogP contribution >= 0.6 is 0 Å². The number of fused-ring (bicyclic) bond motifs is 1. The maximum Gasteiger partial charge on any atom is 0.340 e. The number of ketones is 1. The Balaban J connectivity index is 2.29. The van der Waals surface area contributed by atoms with Crippen LogP contribution in [0.4, 0.5) is 0 Å². The van der Waals surface area contributed by atoms with E-state index in [1.165, 1.54) is 17.8 Å². The molecule has 0 amide bonds. The van der Waals surface area contributed by atoms with E-state index in [2.05, 4.69) is 10.1 Å². The molecule has 0 unspecified atom stereocenters. The first-order valence-electron chi connectivity index (χ1n) is 6.64. The van der Waals surface area contributed by atoms with Crippen molar-refractivity contribution in [2.45, 2.75) is 6.92 Å². The zero-order valence-corrected chi connectivity index (χ0v) is 12.1. The molecule has 0 saturated heterocycles. The van der Waals surface area contributed by atoms with E-state index in [1.54, 1.807) is 43.6 Å². The maximum atomic E-state index is 12.8. The number of rotatable bonds is 3. The molecule has 6 heteroatoms. The molecule has 0 aliphatic rings. The number of carbonyl (C=O) groups excluding carboxylic acids is 2. The molecule has 0 N–H and O–H groups in total. The summed E-state index contributed by atoms with van der Waals surface area (Å²) in [5.41, 5.74) is 2.21. The van der Waals surface area contributed by atoms with Gasteiger partial charge < -0.3 is 4.74 Å². The molecule has 0 bridgehead atoms. The second kappa shape index (κ2) is 5.40. The monoisotopic (exact) mass is 295 g/mol. The van der Waals surface area contributed by atoms with Crippen LogP contribution in [0.1, 0.15) is 32.0 Å². The van der Waals surface area contributed by atoms with E-state index in [0.29, 0.717) is 27.9 Å². The van der Waals surface area contributed by atoms with Gasteiger partial charge in [0.1, 0.15) is 5.69 Å². The largest absolute Gasteiger partial charge is 0.465 e. The van der Waals surface area contributed by atoms with Crippen LogP contribution in [0.5, 0.6) is 0 Å². The van der Waals surface area contributed by atoms with Crippen LogP contribution in [0, 0.1) is 6.92 Å². The molecule has 0 aliphatic carbocycles. The highest BCUT2D eigenvalue weighted by molar-refractivity contribution is 6.12. The van der Waals surface area contributed by atoms with Crippen LogP contribution in [0.25, 0.3) is 5.52 Å². The van der Waals surface area contributed by atoms with E-state index in [9.17, 15) is 9.59 Å². The van der Waals surface area contributed by atoms with Crippen LogP contribution < -0.4 is 0 Å². The van der Waals surface area contributed by atoms with E-state index in [4.69, 9.17) is 4.74 Å². The normalized spacial score (nSPS) is 10.6. The number of hydrogen-bond donors (Lipinski definition) is 0. The summed E-state index contributed by atoms with van der Waals surface area (Å²) < 4.78 is 6.29. The van der Waals surface area contributed by atoms with Crippen LogP contribution in [-0.2, 0) is 4.74 Å². The van der Waals surface area contributed by atoms with E-state index < -0.39 is 5.97 Å². The molecule has 0 radical (unpaired) electrons. The molecule has 0 saturated carbocycles. The summed E-state index contributed by atoms with van der Waals surface area (Å²) in [5.74, 6) is -0.734.